The number of rotatable bonds is 3. The lowest BCUT2D eigenvalue weighted by Gasteiger charge is -2.19. The number of nitrogens with one attached hydrogen (secondary N) is 2. The van der Waals surface area contributed by atoms with E-state index in [9.17, 15) is 18.8 Å². The van der Waals surface area contributed by atoms with E-state index in [-0.39, 0.29) is 5.69 Å². The minimum Gasteiger partial charge on any atom is -0.476 e. The quantitative estimate of drug-likeness (QED) is 0.568. The van der Waals surface area contributed by atoms with Crippen LogP contribution in [0, 0.1) is 12.7 Å². The molecule has 0 saturated carbocycles. The number of H-pyrrole nitrogens is 1. The maximum absolute atomic E-state index is 13.8. The number of amides is 1. The van der Waals surface area contributed by atoms with Crippen molar-refractivity contribution in [3.05, 3.63) is 22.8 Å². The highest BCUT2D eigenvalue weighted by atomic mass is 19.1. The van der Waals surface area contributed by atoms with Crippen molar-refractivity contribution in [1.29, 1.82) is 0 Å². The van der Waals surface area contributed by atoms with Crippen molar-refractivity contribution in [1.82, 2.24) is 10.3 Å². The Morgan fingerprint density at radius 1 is 1.26 bits per heavy atom. The summed E-state index contributed by atoms with van der Waals surface area (Å²) in [4.78, 5) is 36.5. The van der Waals surface area contributed by atoms with Gasteiger partial charge in [0.15, 0.2) is 11.5 Å². The Bertz CT molecular complexity index is 555. The van der Waals surface area contributed by atoms with E-state index < -0.39 is 40.3 Å². The maximum atomic E-state index is 13.8. The first-order valence-electron chi connectivity index (χ1n) is 5.52. The number of ketones is 1. The number of carbonyl (C=O) groups excluding carboxylic acids is 2. The van der Waals surface area contributed by atoms with Gasteiger partial charge in [-0.25, -0.2) is 9.18 Å². The van der Waals surface area contributed by atoms with Crippen LogP contribution in [-0.4, -0.2) is 33.3 Å². The molecule has 104 valence electrons. The molecule has 1 amide bonds. The molecule has 0 spiro atoms. The highest BCUT2D eigenvalue weighted by Gasteiger charge is 2.30. The minimum absolute atomic E-state index is 0.00367. The molecule has 7 heteroatoms. The van der Waals surface area contributed by atoms with Gasteiger partial charge in [0.2, 0.25) is 0 Å². The maximum Gasteiger partial charge on any atom is 0.355 e. The van der Waals surface area contributed by atoms with Gasteiger partial charge in [-0.05, 0) is 27.7 Å². The van der Waals surface area contributed by atoms with Crippen molar-refractivity contribution >= 4 is 17.7 Å². The molecule has 0 atom stereocenters. The lowest BCUT2D eigenvalue weighted by Crippen LogP contribution is -2.44. The molecule has 0 aliphatic heterocycles. The Hall–Kier alpha value is -2.18. The van der Waals surface area contributed by atoms with Gasteiger partial charge in [0.25, 0.3) is 11.7 Å². The summed E-state index contributed by atoms with van der Waals surface area (Å²) >= 11 is 0. The molecule has 1 rings (SSSR count). The zero-order valence-corrected chi connectivity index (χ0v) is 11.0. The molecule has 6 nitrogen and oxygen atoms in total. The molecular formula is C12H15FN2O4. The standard InChI is InChI=1S/C12H15FN2O4/c1-5-6(7(13)8(14-5)11(18)19)9(16)10(17)15-12(2,3)4/h14H,1-4H3,(H,15,17)(H,18,19). The zero-order valence-electron chi connectivity index (χ0n) is 11.0. The summed E-state index contributed by atoms with van der Waals surface area (Å²) in [6.45, 7) is 6.33. The largest absolute Gasteiger partial charge is 0.476 e. The number of carboxylic acids is 1. The smallest absolute Gasteiger partial charge is 0.355 e. The van der Waals surface area contributed by atoms with Gasteiger partial charge in [0, 0.05) is 11.2 Å². The topological polar surface area (TPSA) is 99.3 Å². The fourth-order valence-electron chi connectivity index (χ4n) is 1.52. The third-order valence-electron chi connectivity index (χ3n) is 2.26. The molecular weight excluding hydrogens is 255 g/mol. The average Bonchev–Trinajstić information content (AvgIpc) is 2.51. The highest BCUT2D eigenvalue weighted by Crippen LogP contribution is 2.18. The van der Waals surface area contributed by atoms with Gasteiger partial charge < -0.3 is 15.4 Å². The summed E-state index contributed by atoms with van der Waals surface area (Å²) in [6, 6.07) is 0. The predicted octanol–water partition coefficient (Wildman–Crippen LogP) is 1.26. The monoisotopic (exact) mass is 270 g/mol. The van der Waals surface area contributed by atoms with E-state index in [1.165, 1.54) is 6.92 Å². The summed E-state index contributed by atoms with van der Waals surface area (Å²) in [5.41, 5.74) is -1.92. The Kier molecular flexibility index (Phi) is 3.78. The van der Waals surface area contributed by atoms with Crippen LogP contribution in [0.5, 0.6) is 0 Å². The number of aromatic nitrogens is 1. The van der Waals surface area contributed by atoms with Crippen LogP contribution in [-0.2, 0) is 4.79 Å². The highest BCUT2D eigenvalue weighted by molar-refractivity contribution is 6.43. The third-order valence-corrected chi connectivity index (χ3v) is 2.26. The zero-order chi connectivity index (χ0) is 15.0. The number of aryl methyl sites for hydroxylation is 1. The van der Waals surface area contributed by atoms with Crippen molar-refractivity contribution in [3.63, 3.8) is 0 Å². The van der Waals surface area contributed by atoms with E-state index in [1.807, 2.05) is 0 Å². The fourth-order valence-corrected chi connectivity index (χ4v) is 1.52. The fraction of sp³-hybridized carbons (Fsp3) is 0.417. The molecule has 0 bridgehead atoms. The van der Waals surface area contributed by atoms with Gasteiger partial charge >= 0.3 is 5.97 Å². The average molecular weight is 270 g/mol. The first-order valence-corrected chi connectivity index (χ1v) is 5.52. The lowest BCUT2D eigenvalue weighted by atomic mass is 10.1. The number of carboxylic acid groups (broad SMARTS) is 1. The second-order valence-electron chi connectivity index (χ2n) is 5.15. The summed E-state index contributed by atoms with van der Waals surface area (Å²) in [5, 5.41) is 11.1. The van der Waals surface area contributed by atoms with E-state index in [0.717, 1.165) is 0 Å². The Labute approximate surface area is 109 Å². The van der Waals surface area contributed by atoms with Crippen LogP contribution >= 0.6 is 0 Å². The summed E-state index contributed by atoms with van der Waals surface area (Å²) in [7, 11) is 0. The van der Waals surface area contributed by atoms with Gasteiger partial charge in [-0.3, -0.25) is 9.59 Å². The van der Waals surface area contributed by atoms with Crippen molar-refractivity contribution in [2.24, 2.45) is 0 Å². The Morgan fingerprint density at radius 3 is 2.16 bits per heavy atom. The summed E-state index contributed by atoms with van der Waals surface area (Å²) in [5.74, 6) is -4.84. The number of hydrogen-bond acceptors (Lipinski definition) is 3. The van der Waals surface area contributed by atoms with Gasteiger partial charge in [0.05, 0.1) is 5.56 Å². The number of aromatic carboxylic acids is 1. The van der Waals surface area contributed by atoms with Crippen molar-refractivity contribution in [2.75, 3.05) is 0 Å². The molecule has 1 aromatic rings. The summed E-state index contributed by atoms with van der Waals surface area (Å²) in [6.07, 6.45) is 0. The van der Waals surface area contributed by atoms with Crippen molar-refractivity contribution in [3.8, 4) is 0 Å². The number of carbonyl (C=O) groups is 3. The van der Waals surface area contributed by atoms with Crippen molar-refractivity contribution < 1.29 is 23.9 Å². The van der Waals surface area contributed by atoms with Crippen LogP contribution in [0.1, 0.15) is 47.3 Å². The summed E-state index contributed by atoms with van der Waals surface area (Å²) < 4.78 is 13.8. The second kappa shape index (κ2) is 4.83. The van der Waals surface area contributed by atoms with E-state index in [1.54, 1.807) is 20.8 Å². The first-order chi connectivity index (χ1) is 8.54. The van der Waals surface area contributed by atoms with E-state index in [4.69, 9.17) is 5.11 Å². The molecule has 1 heterocycles. The molecule has 19 heavy (non-hydrogen) atoms. The molecule has 0 radical (unpaired) electrons. The normalized spacial score (nSPS) is 11.2. The van der Waals surface area contributed by atoms with Crippen LogP contribution in [0.3, 0.4) is 0 Å². The molecule has 1 aromatic heterocycles. The Balaban J connectivity index is 3.14. The molecule has 0 aliphatic rings. The van der Waals surface area contributed by atoms with Crippen LogP contribution in [0.25, 0.3) is 0 Å². The third kappa shape index (κ3) is 3.18. The molecule has 0 fully saturated rings. The number of halogens is 1. The number of aromatic amines is 1. The second-order valence-corrected chi connectivity index (χ2v) is 5.15. The molecule has 0 unspecified atom stereocenters. The molecule has 3 N–H and O–H groups in total. The van der Waals surface area contributed by atoms with Crippen LogP contribution in [0.15, 0.2) is 0 Å². The van der Waals surface area contributed by atoms with Crippen molar-refractivity contribution in [2.45, 2.75) is 33.2 Å². The number of hydrogen-bond donors (Lipinski definition) is 3. The van der Waals surface area contributed by atoms with Crippen LogP contribution < -0.4 is 5.32 Å². The Morgan fingerprint density at radius 2 is 1.79 bits per heavy atom. The van der Waals surface area contributed by atoms with Gasteiger partial charge in [-0.15, -0.1) is 0 Å². The van der Waals surface area contributed by atoms with E-state index in [2.05, 4.69) is 10.3 Å². The van der Waals surface area contributed by atoms with Gasteiger partial charge in [-0.2, -0.15) is 0 Å². The number of Topliss-reactive ketones (excluding diaryl/α,β-unsaturated/α-hetero) is 1. The molecule has 0 aromatic carbocycles. The van der Waals surface area contributed by atoms with Gasteiger partial charge in [0.1, 0.15) is 0 Å². The lowest BCUT2D eigenvalue weighted by molar-refractivity contribution is -0.118. The van der Waals surface area contributed by atoms with Crippen LogP contribution in [0.2, 0.25) is 0 Å². The predicted molar refractivity (Wildman–Crippen MR) is 64.7 cm³/mol. The molecule has 0 saturated heterocycles. The molecule has 0 aliphatic carbocycles. The SMILES string of the molecule is Cc1[nH]c(C(=O)O)c(F)c1C(=O)C(=O)NC(C)(C)C. The minimum atomic E-state index is -1.53. The van der Waals surface area contributed by atoms with Crippen LogP contribution in [0.4, 0.5) is 4.39 Å². The first kappa shape index (κ1) is 14.9. The van der Waals surface area contributed by atoms with E-state index >= 15 is 0 Å². The van der Waals surface area contributed by atoms with E-state index in [0.29, 0.717) is 0 Å². The van der Waals surface area contributed by atoms with Gasteiger partial charge in [-0.1, -0.05) is 0 Å².